The number of methoxy groups -OCH3 is 1. The third-order valence-corrected chi connectivity index (χ3v) is 4.19. The van der Waals surface area contributed by atoms with Gasteiger partial charge in [-0.2, -0.15) is 0 Å². The van der Waals surface area contributed by atoms with Gasteiger partial charge in [-0.3, -0.25) is 9.59 Å². The van der Waals surface area contributed by atoms with Crippen LogP contribution < -0.4 is 10.1 Å². The molecule has 2 aromatic rings. The lowest BCUT2D eigenvalue weighted by molar-refractivity contribution is 0.0983. The van der Waals surface area contributed by atoms with Gasteiger partial charge in [-0.05, 0) is 28.1 Å². The Hall–Kier alpha value is -2.40. The molecule has 0 fully saturated rings. The second-order valence-electron chi connectivity index (χ2n) is 4.72. The average Bonchev–Trinajstić information content (AvgIpc) is 2.57. The standard InChI is InChI=1S/C17H12BrNO3/c1-22-13-9-5-4-8-12(13)19-15-14(18)16(20)10-6-2-3-7-11(10)17(15)21/h2-9,19H,1H3. The molecular formula is C17H12BrNO3. The van der Waals surface area contributed by atoms with Gasteiger partial charge in [0, 0.05) is 11.1 Å². The SMILES string of the molecule is COc1ccccc1NC1=C(Br)C(=O)c2ccccc2C1=O. The van der Waals surface area contributed by atoms with Crippen LogP contribution >= 0.6 is 15.9 Å². The molecule has 22 heavy (non-hydrogen) atoms. The van der Waals surface area contributed by atoms with E-state index in [2.05, 4.69) is 21.2 Å². The molecule has 0 unspecified atom stereocenters. The lowest BCUT2D eigenvalue weighted by atomic mass is 9.92. The van der Waals surface area contributed by atoms with E-state index < -0.39 is 0 Å². The maximum Gasteiger partial charge on any atom is 0.211 e. The molecule has 1 aliphatic rings. The van der Waals surface area contributed by atoms with Crippen LogP contribution in [0.4, 0.5) is 5.69 Å². The van der Waals surface area contributed by atoms with Crippen molar-refractivity contribution in [3.63, 3.8) is 0 Å². The van der Waals surface area contributed by atoms with E-state index >= 15 is 0 Å². The molecule has 0 radical (unpaired) electrons. The fourth-order valence-electron chi connectivity index (χ4n) is 2.34. The number of hydrogen-bond acceptors (Lipinski definition) is 4. The fraction of sp³-hybridized carbons (Fsp3) is 0.0588. The number of carbonyl (C=O) groups is 2. The highest BCUT2D eigenvalue weighted by Crippen LogP contribution is 2.32. The van der Waals surface area contributed by atoms with Gasteiger partial charge in [-0.15, -0.1) is 0 Å². The Bertz CT molecular complexity index is 811. The van der Waals surface area contributed by atoms with E-state index in [0.29, 0.717) is 22.6 Å². The summed E-state index contributed by atoms with van der Waals surface area (Å²) in [6, 6.07) is 14.0. The highest BCUT2D eigenvalue weighted by Gasteiger charge is 2.31. The van der Waals surface area contributed by atoms with E-state index in [0.717, 1.165) is 0 Å². The Morgan fingerprint density at radius 1 is 0.909 bits per heavy atom. The third-order valence-electron chi connectivity index (χ3n) is 3.43. The van der Waals surface area contributed by atoms with Crippen LogP contribution in [0.25, 0.3) is 0 Å². The molecular weight excluding hydrogens is 346 g/mol. The van der Waals surface area contributed by atoms with Gasteiger partial charge in [0.1, 0.15) is 11.4 Å². The number of nitrogens with one attached hydrogen (secondary N) is 1. The summed E-state index contributed by atoms with van der Waals surface area (Å²) in [6.07, 6.45) is 0. The molecule has 0 spiro atoms. The van der Waals surface area contributed by atoms with Gasteiger partial charge >= 0.3 is 0 Å². The van der Waals surface area contributed by atoms with E-state index in [-0.39, 0.29) is 21.7 Å². The molecule has 0 aliphatic heterocycles. The minimum absolute atomic E-state index is 0.215. The molecule has 1 aliphatic carbocycles. The second kappa shape index (κ2) is 5.77. The number of para-hydroxylation sites is 2. The Balaban J connectivity index is 2.06. The molecule has 5 heteroatoms. The van der Waals surface area contributed by atoms with Gasteiger partial charge < -0.3 is 10.1 Å². The van der Waals surface area contributed by atoms with E-state index in [9.17, 15) is 9.59 Å². The molecule has 0 amide bonds. The van der Waals surface area contributed by atoms with Gasteiger partial charge in [0.25, 0.3) is 0 Å². The smallest absolute Gasteiger partial charge is 0.211 e. The molecule has 2 aromatic carbocycles. The first-order chi connectivity index (χ1) is 10.6. The Morgan fingerprint density at radius 3 is 2.18 bits per heavy atom. The summed E-state index contributed by atoms with van der Waals surface area (Å²) < 4.78 is 5.48. The van der Waals surface area contributed by atoms with Crippen molar-refractivity contribution in [2.75, 3.05) is 12.4 Å². The van der Waals surface area contributed by atoms with Crippen LogP contribution in [0.2, 0.25) is 0 Å². The van der Waals surface area contributed by atoms with Gasteiger partial charge in [0.15, 0.2) is 0 Å². The fourth-order valence-corrected chi connectivity index (χ4v) is 2.83. The number of fused-ring (bicyclic) bond motifs is 1. The van der Waals surface area contributed by atoms with Crippen LogP contribution in [0.5, 0.6) is 5.75 Å². The monoisotopic (exact) mass is 357 g/mol. The van der Waals surface area contributed by atoms with Crippen LogP contribution in [0.15, 0.2) is 58.7 Å². The number of ketones is 2. The number of ether oxygens (including phenoxy) is 1. The van der Waals surface area contributed by atoms with Crippen molar-refractivity contribution in [1.29, 1.82) is 0 Å². The minimum Gasteiger partial charge on any atom is -0.495 e. The van der Waals surface area contributed by atoms with E-state index in [1.165, 1.54) is 0 Å². The normalized spacial score (nSPS) is 13.9. The minimum atomic E-state index is -0.229. The van der Waals surface area contributed by atoms with Crippen molar-refractivity contribution >= 4 is 33.2 Å². The van der Waals surface area contributed by atoms with Gasteiger partial charge in [-0.1, -0.05) is 36.4 Å². The molecule has 0 aromatic heterocycles. The van der Waals surface area contributed by atoms with Crippen LogP contribution in [-0.4, -0.2) is 18.7 Å². The summed E-state index contributed by atoms with van der Waals surface area (Å²) in [6.45, 7) is 0. The first-order valence-electron chi connectivity index (χ1n) is 6.61. The topological polar surface area (TPSA) is 55.4 Å². The molecule has 0 saturated heterocycles. The zero-order valence-electron chi connectivity index (χ0n) is 11.7. The maximum absolute atomic E-state index is 12.6. The summed E-state index contributed by atoms with van der Waals surface area (Å²) in [4.78, 5) is 25.0. The number of Topliss-reactive ketones (excluding diaryl/α,β-unsaturated/α-hetero) is 2. The molecule has 0 bridgehead atoms. The highest BCUT2D eigenvalue weighted by atomic mass is 79.9. The highest BCUT2D eigenvalue weighted by molar-refractivity contribution is 9.12. The molecule has 4 nitrogen and oxygen atoms in total. The van der Waals surface area contributed by atoms with Gasteiger partial charge in [-0.25, -0.2) is 0 Å². The molecule has 3 rings (SSSR count). The van der Waals surface area contributed by atoms with Crippen molar-refractivity contribution in [1.82, 2.24) is 0 Å². The quantitative estimate of drug-likeness (QED) is 0.907. The first-order valence-corrected chi connectivity index (χ1v) is 7.41. The summed E-state index contributed by atoms with van der Waals surface area (Å²) >= 11 is 3.24. The molecule has 110 valence electrons. The number of halogens is 1. The summed E-state index contributed by atoms with van der Waals surface area (Å²) in [5, 5.41) is 3.01. The summed E-state index contributed by atoms with van der Waals surface area (Å²) in [5.74, 6) is 0.148. The van der Waals surface area contributed by atoms with Crippen molar-refractivity contribution in [2.24, 2.45) is 0 Å². The molecule has 0 saturated carbocycles. The molecule has 0 atom stereocenters. The zero-order valence-corrected chi connectivity index (χ0v) is 13.3. The predicted molar refractivity (Wildman–Crippen MR) is 87.7 cm³/mol. The first kappa shape index (κ1) is 14.5. The van der Waals surface area contributed by atoms with Crippen molar-refractivity contribution < 1.29 is 14.3 Å². The summed E-state index contributed by atoms with van der Waals surface area (Å²) in [5.41, 5.74) is 1.64. The molecule has 0 heterocycles. The van der Waals surface area contributed by atoms with Gasteiger partial charge in [0.2, 0.25) is 11.6 Å². The van der Waals surface area contributed by atoms with Crippen LogP contribution in [-0.2, 0) is 0 Å². The Morgan fingerprint density at radius 2 is 1.50 bits per heavy atom. The third kappa shape index (κ3) is 2.33. The number of benzene rings is 2. The average molecular weight is 358 g/mol. The predicted octanol–water partition coefficient (Wildman–Crippen LogP) is 3.79. The number of allylic oxidation sites excluding steroid dienone is 2. The largest absolute Gasteiger partial charge is 0.495 e. The Kier molecular flexibility index (Phi) is 3.81. The lowest BCUT2D eigenvalue weighted by Gasteiger charge is -2.20. The van der Waals surface area contributed by atoms with E-state index in [4.69, 9.17) is 4.74 Å². The second-order valence-corrected chi connectivity index (χ2v) is 5.51. The Labute approximate surface area is 135 Å². The lowest BCUT2D eigenvalue weighted by Crippen LogP contribution is -2.24. The van der Waals surface area contributed by atoms with Crippen LogP contribution in [0.1, 0.15) is 20.7 Å². The summed E-state index contributed by atoms with van der Waals surface area (Å²) in [7, 11) is 1.55. The number of rotatable bonds is 3. The van der Waals surface area contributed by atoms with Gasteiger partial charge in [0.05, 0.1) is 17.3 Å². The van der Waals surface area contributed by atoms with Crippen LogP contribution in [0, 0.1) is 0 Å². The van der Waals surface area contributed by atoms with Crippen molar-refractivity contribution in [3.05, 3.63) is 69.8 Å². The maximum atomic E-state index is 12.6. The number of hydrogen-bond donors (Lipinski definition) is 1. The zero-order chi connectivity index (χ0) is 15.7. The van der Waals surface area contributed by atoms with E-state index in [1.807, 2.05) is 12.1 Å². The van der Waals surface area contributed by atoms with Crippen molar-refractivity contribution in [2.45, 2.75) is 0 Å². The number of anilines is 1. The number of carbonyl (C=O) groups excluding carboxylic acids is 2. The van der Waals surface area contributed by atoms with E-state index in [1.54, 1.807) is 43.5 Å². The van der Waals surface area contributed by atoms with Crippen LogP contribution in [0.3, 0.4) is 0 Å². The molecule has 1 N–H and O–H groups in total. The van der Waals surface area contributed by atoms with Crippen molar-refractivity contribution in [3.8, 4) is 5.75 Å².